The normalized spacial score (nSPS) is 14.7. The van der Waals surface area contributed by atoms with Gasteiger partial charge < -0.3 is 26.8 Å². The molecule has 0 aliphatic rings. The highest BCUT2D eigenvalue weighted by Crippen LogP contribution is 2.09. The van der Waals surface area contributed by atoms with Crippen LogP contribution in [0.3, 0.4) is 0 Å². The van der Waals surface area contributed by atoms with Gasteiger partial charge in [-0.15, -0.1) is 0 Å². The molecule has 0 heterocycles. The number of aliphatic carboxylic acids is 1. The molecule has 0 fully saturated rings. The highest BCUT2D eigenvalue weighted by Gasteiger charge is 2.32. The lowest BCUT2D eigenvalue weighted by molar-refractivity contribution is -0.143. The van der Waals surface area contributed by atoms with Crippen LogP contribution in [-0.2, 0) is 25.6 Å². The molecule has 0 aromatic heterocycles. The molecule has 4 atom stereocenters. The molecule has 0 aliphatic heterocycles. The third kappa shape index (κ3) is 9.72. The number of rotatable bonds is 14. The van der Waals surface area contributed by atoms with E-state index >= 15 is 0 Å². The van der Waals surface area contributed by atoms with Crippen molar-refractivity contribution in [3.8, 4) is 0 Å². The van der Waals surface area contributed by atoms with Crippen molar-refractivity contribution in [1.82, 2.24) is 16.0 Å². The molecule has 0 spiro atoms. The average Bonchev–Trinajstić information content (AvgIpc) is 2.77. The summed E-state index contributed by atoms with van der Waals surface area (Å²) >= 11 is 1.50. The van der Waals surface area contributed by atoms with Crippen molar-refractivity contribution in [2.24, 2.45) is 17.6 Å². The van der Waals surface area contributed by atoms with Gasteiger partial charge in [0.05, 0.1) is 6.04 Å². The summed E-state index contributed by atoms with van der Waals surface area (Å²) in [5, 5.41) is 17.3. The van der Waals surface area contributed by atoms with Crippen LogP contribution in [0.1, 0.15) is 39.7 Å². The van der Waals surface area contributed by atoms with Crippen LogP contribution in [-0.4, -0.2) is 65.0 Å². The van der Waals surface area contributed by atoms with E-state index in [0.29, 0.717) is 18.6 Å². The Morgan fingerprint density at radius 2 is 1.44 bits per heavy atom. The van der Waals surface area contributed by atoms with Crippen LogP contribution in [0.4, 0.5) is 0 Å². The van der Waals surface area contributed by atoms with Gasteiger partial charge in [0.2, 0.25) is 17.7 Å². The minimum absolute atomic E-state index is 0.264. The molecule has 4 unspecified atom stereocenters. The predicted molar refractivity (Wildman–Crippen MR) is 134 cm³/mol. The fraction of sp³-hybridized carbons (Fsp3) is 0.583. The summed E-state index contributed by atoms with van der Waals surface area (Å²) in [4.78, 5) is 50.1. The van der Waals surface area contributed by atoms with E-state index in [1.165, 1.54) is 11.8 Å². The highest BCUT2D eigenvalue weighted by molar-refractivity contribution is 7.98. The molecular weight excluding hydrogens is 456 g/mol. The topological polar surface area (TPSA) is 151 Å². The molecule has 10 heteroatoms. The maximum absolute atomic E-state index is 13.1. The zero-order valence-corrected chi connectivity index (χ0v) is 21.4. The summed E-state index contributed by atoms with van der Waals surface area (Å²) < 4.78 is 0. The van der Waals surface area contributed by atoms with E-state index in [0.717, 1.165) is 5.56 Å². The number of carboxylic acid groups (broad SMARTS) is 1. The van der Waals surface area contributed by atoms with Gasteiger partial charge in [0.1, 0.15) is 18.1 Å². The van der Waals surface area contributed by atoms with Crippen molar-refractivity contribution < 1.29 is 24.3 Å². The molecule has 1 aromatic carbocycles. The van der Waals surface area contributed by atoms with Gasteiger partial charge in [0, 0.05) is 0 Å². The number of carbonyl (C=O) groups is 4. The Morgan fingerprint density at radius 1 is 0.882 bits per heavy atom. The summed E-state index contributed by atoms with van der Waals surface area (Å²) in [7, 11) is 0. The fourth-order valence-electron chi connectivity index (χ4n) is 3.29. The zero-order chi connectivity index (χ0) is 25.8. The first kappa shape index (κ1) is 29.4. The quantitative estimate of drug-likeness (QED) is 0.260. The van der Waals surface area contributed by atoms with Gasteiger partial charge in [-0.3, -0.25) is 14.4 Å². The van der Waals surface area contributed by atoms with Crippen LogP contribution < -0.4 is 21.7 Å². The molecule has 0 saturated heterocycles. The number of carboxylic acids is 1. The van der Waals surface area contributed by atoms with E-state index in [-0.39, 0.29) is 11.8 Å². The Kier molecular flexibility index (Phi) is 12.7. The van der Waals surface area contributed by atoms with Crippen molar-refractivity contribution in [3.63, 3.8) is 0 Å². The third-order valence-corrected chi connectivity index (χ3v) is 6.00. The van der Waals surface area contributed by atoms with E-state index in [1.54, 1.807) is 27.7 Å². The van der Waals surface area contributed by atoms with E-state index in [9.17, 15) is 24.3 Å². The van der Waals surface area contributed by atoms with Gasteiger partial charge in [-0.2, -0.15) is 11.8 Å². The number of hydrogen-bond donors (Lipinski definition) is 5. The summed E-state index contributed by atoms with van der Waals surface area (Å²) in [6.07, 6.45) is 2.51. The lowest BCUT2D eigenvalue weighted by Gasteiger charge is -2.27. The second-order valence-electron chi connectivity index (χ2n) is 8.94. The average molecular weight is 495 g/mol. The number of nitrogens with two attached hydrogens (primary N) is 1. The van der Waals surface area contributed by atoms with Gasteiger partial charge in [-0.05, 0) is 42.2 Å². The minimum atomic E-state index is -1.14. The Hall–Kier alpha value is -2.59. The van der Waals surface area contributed by atoms with Gasteiger partial charge in [0.15, 0.2) is 0 Å². The smallest absolute Gasteiger partial charge is 0.326 e. The van der Waals surface area contributed by atoms with Gasteiger partial charge in [-0.1, -0.05) is 58.0 Å². The Labute approximate surface area is 206 Å². The molecule has 1 rings (SSSR count). The predicted octanol–water partition coefficient (Wildman–Crippen LogP) is 1.16. The molecular formula is C24H38N4O5S. The molecule has 0 saturated carbocycles. The van der Waals surface area contributed by atoms with Crippen molar-refractivity contribution in [1.29, 1.82) is 0 Å². The molecule has 6 N–H and O–H groups in total. The van der Waals surface area contributed by atoms with Crippen LogP contribution in [0, 0.1) is 11.8 Å². The Bertz CT molecular complexity index is 819. The van der Waals surface area contributed by atoms with Crippen LogP contribution in [0.2, 0.25) is 0 Å². The first-order valence-electron chi connectivity index (χ1n) is 11.4. The van der Waals surface area contributed by atoms with Crippen LogP contribution in [0.15, 0.2) is 30.3 Å². The number of hydrogen-bond acceptors (Lipinski definition) is 6. The molecule has 0 radical (unpaired) electrons. The monoisotopic (exact) mass is 494 g/mol. The number of carbonyl (C=O) groups excluding carboxylic acids is 3. The van der Waals surface area contributed by atoms with Crippen LogP contribution in [0.25, 0.3) is 0 Å². The second kappa shape index (κ2) is 14.6. The number of benzene rings is 1. The van der Waals surface area contributed by atoms with Gasteiger partial charge in [0.25, 0.3) is 0 Å². The summed E-state index contributed by atoms with van der Waals surface area (Å²) in [6, 6.07) is 5.59. The van der Waals surface area contributed by atoms with E-state index < -0.39 is 47.9 Å². The summed E-state index contributed by atoms with van der Waals surface area (Å²) in [5.74, 6) is -2.71. The molecule has 34 heavy (non-hydrogen) atoms. The lowest BCUT2D eigenvalue weighted by Crippen LogP contribution is -2.59. The van der Waals surface area contributed by atoms with Crippen LogP contribution in [0.5, 0.6) is 0 Å². The molecule has 1 aromatic rings. The summed E-state index contributed by atoms with van der Waals surface area (Å²) in [6.45, 7) is 6.95. The first-order valence-corrected chi connectivity index (χ1v) is 12.8. The lowest BCUT2D eigenvalue weighted by atomic mass is 10.0. The van der Waals surface area contributed by atoms with Crippen molar-refractivity contribution in [3.05, 3.63) is 35.9 Å². The first-order chi connectivity index (χ1) is 16.0. The number of amides is 3. The summed E-state index contributed by atoms with van der Waals surface area (Å²) in [5.41, 5.74) is 6.96. The molecule has 190 valence electrons. The number of thioether (sulfide) groups is 1. The highest BCUT2D eigenvalue weighted by atomic mass is 32.2. The zero-order valence-electron chi connectivity index (χ0n) is 20.5. The standard InChI is InChI=1S/C24H38N4O5S/c1-14(2)19(27-21(29)17(25)13-16-9-7-6-8-10-16)23(31)26-18(11-12-34-5)22(30)28-20(15(3)4)24(32)33/h6-10,14-15,17-20H,11-13,25H2,1-5H3,(H,26,31)(H,27,29)(H,28,30)(H,32,33). The Balaban J connectivity index is 2.89. The van der Waals surface area contributed by atoms with Gasteiger partial charge >= 0.3 is 5.97 Å². The molecule has 9 nitrogen and oxygen atoms in total. The second-order valence-corrected chi connectivity index (χ2v) is 9.92. The Morgan fingerprint density at radius 3 is 1.94 bits per heavy atom. The molecule has 3 amide bonds. The van der Waals surface area contributed by atoms with Crippen molar-refractivity contribution >= 4 is 35.5 Å². The van der Waals surface area contributed by atoms with Crippen LogP contribution >= 0.6 is 11.8 Å². The molecule has 0 bridgehead atoms. The fourth-order valence-corrected chi connectivity index (χ4v) is 3.76. The maximum Gasteiger partial charge on any atom is 0.326 e. The third-order valence-electron chi connectivity index (χ3n) is 5.36. The SMILES string of the molecule is CSCCC(NC(=O)C(NC(=O)C(N)Cc1ccccc1)C(C)C)C(=O)NC(C(=O)O)C(C)C. The molecule has 0 aliphatic carbocycles. The van der Waals surface area contributed by atoms with E-state index in [4.69, 9.17) is 5.73 Å². The minimum Gasteiger partial charge on any atom is -0.480 e. The van der Waals surface area contributed by atoms with Crippen molar-refractivity contribution in [2.45, 2.75) is 64.7 Å². The number of nitrogens with one attached hydrogen (secondary N) is 3. The van der Waals surface area contributed by atoms with Gasteiger partial charge in [-0.25, -0.2) is 4.79 Å². The van der Waals surface area contributed by atoms with Crippen molar-refractivity contribution in [2.75, 3.05) is 12.0 Å². The largest absolute Gasteiger partial charge is 0.480 e. The van der Waals surface area contributed by atoms with E-state index in [1.807, 2.05) is 36.6 Å². The van der Waals surface area contributed by atoms with E-state index in [2.05, 4.69) is 16.0 Å². The maximum atomic E-state index is 13.1.